The van der Waals surface area contributed by atoms with E-state index in [4.69, 9.17) is 4.74 Å². The van der Waals surface area contributed by atoms with Gasteiger partial charge in [-0.3, -0.25) is 4.79 Å². The van der Waals surface area contributed by atoms with Crippen LogP contribution in [0.4, 0.5) is 0 Å². The number of hydrogen-bond acceptors (Lipinski definition) is 4. The molecule has 126 valence electrons. The molecule has 0 unspecified atom stereocenters. The second kappa shape index (κ2) is 10.8. The average Bonchev–Trinajstić information content (AvgIpc) is 3.07. The topological polar surface area (TPSA) is 68.2 Å². The molecule has 0 saturated carbocycles. The lowest BCUT2D eigenvalue weighted by atomic mass is 10.1. The minimum absolute atomic E-state index is 0. The Morgan fingerprint density at radius 3 is 2.70 bits per heavy atom. The maximum atomic E-state index is 11.6. The van der Waals surface area contributed by atoms with Gasteiger partial charge in [0.1, 0.15) is 0 Å². The summed E-state index contributed by atoms with van der Waals surface area (Å²) in [6.45, 7) is 2.24. The Labute approximate surface area is 142 Å². The predicted octanol–water partition coefficient (Wildman–Crippen LogP) is 1.19. The van der Waals surface area contributed by atoms with Gasteiger partial charge in [-0.25, -0.2) is 4.68 Å². The number of carbonyl (C=O) groups is 1. The van der Waals surface area contributed by atoms with Crippen molar-refractivity contribution < 1.29 is 9.53 Å². The minimum atomic E-state index is 0. The number of methoxy groups -OCH3 is 1. The van der Waals surface area contributed by atoms with Gasteiger partial charge in [-0.15, -0.1) is 12.4 Å². The molecule has 0 radical (unpaired) electrons. The molecule has 2 rings (SSSR count). The average molecular weight is 339 g/mol. The largest absolute Gasteiger partial charge is 0.383 e. The number of carbonyl (C=O) groups excluding carboxylic acids is 1. The monoisotopic (exact) mass is 338 g/mol. The van der Waals surface area contributed by atoms with Crippen molar-refractivity contribution >= 4 is 18.3 Å². The van der Waals surface area contributed by atoms with Crippen LogP contribution >= 0.6 is 12.4 Å². The predicted molar refractivity (Wildman–Crippen MR) is 92.3 cm³/mol. The highest BCUT2D eigenvalue weighted by Crippen LogP contribution is 2.08. The zero-order valence-electron chi connectivity index (χ0n) is 13.2. The summed E-state index contributed by atoms with van der Waals surface area (Å²) in [6.07, 6.45) is 4.47. The molecule has 23 heavy (non-hydrogen) atoms. The van der Waals surface area contributed by atoms with Gasteiger partial charge in [-0.2, -0.15) is 5.10 Å². The molecule has 2 N–H and O–H groups in total. The summed E-state index contributed by atoms with van der Waals surface area (Å²) in [5, 5.41) is 10.1. The summed E-state index contributed by atoms with van der Waals surface area (Å²) in [7, 11) is 1.64. The van der Waals surface area contributed by atoms with Gasteiger partial charge in [-0.1, -0.05) is 12.1 Å². The van der Waals surface area contributed by atoms with Crippen LogP contribution < -0.4 is 10.6 Å². The number of ether oxygens (including phenoxy) is 1. The van der Waals surface area contributed by atoms with Crippen LogP contribution in [0.3, 0.4) is 0 Å². The smallest absolute Gasteiger partial charge is 0.233 e. The molecule has 0 bridgehead atoms. The number of nitrogens with one attached hydrogen (secondary N) is 2. The molecule has 2 aromatic rings. The number of rotatable bonds is 9. The minimum Gasteiger partial charge on any atom is -0.383 e. The standard InChI is InChI=1S/C16H22N4O2.ClH/c1-22-12-10-17-13-16(21)18-9-7-14-3-5-15(6-4-14)20-11-2-8-19-20;/h2-6,8,11,17H,7,9-10,12-13H2,1H3,(H,18,21);1H. The molecule has 0 fully saturated rings. The highest BCUT2D eigenvalue weighted by Gasteiger charge is 2.01. The number of halogens is 1. The summed E-state index contributed by atoms with van der Waals surface area (Å²) in [5.74, 6) is 0.00395. The fourth-order valence-electron chi connectivity index (χ4n) is 2.02. The molecular formula is C16H23ClN4O2. The summed E-state index contributed by atoms with van der Waals surface area (Å²) < 4.78 is 6.72. The molecule has 0 aliphatic rings. The van der Waals surface area contributed by atoms with E-state index in [-0.39, 0.29) is 18.3 Å². The number of nitrogens with zero attached hydrogens (tertiary/aromatic N) is 2. The molecule has 6 nitrogen and oxygen atoms in total. The summed E-state index contributed by atoms with van der Waals surface area (Å²) in [4.78, 5) is 11.6. The maximum absolute atomic E-state index is 11.6. The highest BCUT2D eigenvalue weighted by molar-refractivity contribution is 5.85. The van der Waals surface area contributed by atoms with Gasteiger partial charge in [0.2, 0.25) is 5.91 Å². The Bertz CT molecular complexity index is 558. The quantitative estimate of drug-likeness (QED) is 0.674. The van der Waals surface area contributed by atoms with E-state index in [0.717, 1.165) is 12.1 Å². The maximum Gasteiger partial charge on any atom is 0.233 e. The van der Waals surface area contributed by atoms with E-state index in [9.17, 15) is 4.79 Å². The van der Waals surface area contributed by atoms with E-state index < -0.39 is 0 Å². The van der Waals surface area contributed by atoms with Crippen LogP contribution in [0, 0.1) is 0 Å². The number of hydrogen-bond donors (Lipinski definition) is 2. The number of benzene rings is 1. The van der Waals surface area contributed by atoms with Crippen molar-refractivity contribution in [1.82, 2.24) is 20.4 Å². The fourth-order valence-corrected chi connectivity index (χ4v) is 2.02. The van der Waals surface area contributed by atoms with Crippen molar-refractivity contribution in [3.05, 3.63) is 48.3 Å². The van der Waals surface area contributed by atoms with Gasteiger partial charge in [0, 0.05) is 32.6 Å². The van der Waals surface area contributed by atoms with Crippen molar-refractivity contribution in [2.45, 2.75) is 6.42 Å². The Hall–Kier alpha value is -1.89. The first-order valence-electron chi connectivity index (χ1n) is 7.35. The number of amides is 1. The summed E-state index contributed by atoms with van der Waals surface area (Å²) in [5.41, 5.74) is 2.21. The number of aromatic nitrogens is 2. The third kappa shape index (κ3) is 6.81. The summed E-state index contributed by atoms with van der Waals surface area (Å²) >= 11 is 0. The summed E-state index contributed by atoms with van der Waals surface area (Å²) in [6, 6.07) is 10.1. The normalized spacial score (nSPS) is 10.1. The highest BCUT2D eigenvalue weighted by atomic mass is 35.5. The molecule has 7 heteroatoms. The zero-order valence-corrected chi connectivity index (χ0v) is 14.0. The van der Waals surface area contributed by atoms with E-state index in [0.29, 0.717) is 26.2 Å². The van der Waals surface area contributed by atoms with Crippen LogP contribution in [0.5, 0.6) is 0 Å². The van der Waals surface area contributed by atoms with E-state index in [1.807, 2.05) is 29.1 Å². The first-order valence-corrected chi connectivity index (χ1v) is 7.35. The van der Waals surface area contributed by atoms with Crippen molar-refractivity contribution in [3.8, 4) is 5.69 Å². The van der Waals surface area contributed by atoms with Gasteiger partial charge >= 0.3 is 0 Å². The molecule has 0 aliphatic heterocycles. The van der Waals surface area contributed by atoms with E-state index in [1.165, 1.54) is 5.56 Å². The van der Waals surface area contributed by atoms with E-state index in [1.54, 1.807) is 13.3 Å². The van der Waals surface area contributed by atoms with Gasteiger partial charge in [0.05, 0.1) is 18.8 Å². The molecule has 0 atom stereocenters. The zero-order chi connectivity index (χ0) is 15.6. The third-order valence-corrected chi connectivity index (χ3v) is 3.21. The SMILES string of the molecule is COCCNCC(=O)NCCc1ccc(-n2cccn2)cc1.Cl. The van der Waals surface area contributed by atoms with Gasteiger partial charge in [0.15, 0.2) is 0 Å². The van der Waals surface area contributed by atoms with E-state index >= 15 is 0 Å². The van der Waals surface area contributed by atoms with Crippen LogP contribution in [0.1, 0.15) is 5.56 Å². The lowest BCUT2D eigenvalue weighted by molar-refractivity contribution is -0.120. The molecular weight excluding hydrogens is 316 g/mol. The van der Waals surface area contributed by atoms with Crippen LogP contribution in [-0.2, 0) is 16.0 Å². The van der Waals surface area contributed by atoms with E-state index in [2.05, 4.69) is 27.9 Å². The molecule has 1 heterocycles. The second-order valence-electron chi connectivity index (χ2n) is 4.89. The Morgan fingerprint density at radius 2 is 2.04 bits per heavy atom. The molecule has 0 saturated heterocycles. The third-order valence-electron chi connectivity index (χ3n) is 3.21. The molecule has 1 amide bonds. The van der Waals surface area contributed by atoms with Gasteiger partial charge in [0.25, 0.3) is 0 Å². The Kier molecular flexibility index (Phi) is 8.97. The van der Waals surface area contributed by atoms with Crippen molar-refractivity contribution in [3.63, 3.8) is 0 Å². The first-order chi connectivity index (χ1) is 10.8. The first kappa shape index (κ1) is 19.2. The lowest BCUT2D eigenvalue weighted by Gasteiger charge is -2.07. The molecule has 1 aromatic carbocycles. The molecule has 0 aliphatic carbocycles. The van der Waals surface area contributed by atoms with Crippen LogP contribution in [0.15, 0.2) is 42.7 Å². The van der Waals surface area contributed by atoms with Gasteiger partial charge < -0.3 is 15.4 Å². The lowest BCUT2D eigenvalue weighted by Crippen LogP contribution is -2.36. The van der Waals surface area contributed by atoms with Crippen LogP contribution in [0.2, 0.25) is 0 Å². The fraction of sp³-hybridized carbons (Fsp3) is 0.375. The van der Waals surface area contributed by atoms with Crippen molar-refractivity contribution in [2.24, 2.45) is 0 Å². The Balaban J connectivity index is 0.00000264. The molecule has 0 spiro atoms. The van der Waals surface area contributed by atoms with Crippen molar-refractivity contribution in [1.29, 1.82) is 0 Å². The second-order valence-corrected chi connectivity index (χ2v) is 4.89. The van der Waals surface area contributed by atoms with Crippen LogP contribution in [0.25, 0.3) is 5.69 Å². The molecule has 1 aromatic heterocycles. The van der Waals surface area contributed by atoms with Crippen LogP contribution in [-0.4, -0.2) is 49.0 Å². The van der Waals surface area contributed by atoms with Gasteiger partial charge in [-0.05, 0) is 30.2 Å². The Morgan fingerprint density at radius 1 is 1.26 bits per heavy atom. The van der Waals surface area contributed by atoms with Crippen molar-refractivity contribution in [2.75, 3.05) is 33.4 Å².